The fourth-order valence-corrected chi connectivity index (χ4v) is 3.30. The van der Waals surface area contributed by atoms with Gasteiger partial charge in [0.25, 0.3) is 0 Å². The highest BCUT2D eigenvalue weighted by Gasteiger charge is 2.42. The van der Waals surface area contributed by atoms with Crippen molar-refractivity contribution in [2.75, 3.05) is 19.8 Å². The quantitative estimate of drug-likeness (QED) is 0.902. The second kappa shape index (κ2) is 5.31. The predicted octanol–water partition coefficient (Wildman–Crippen LogP) is 3.32. The summed E-state index contributed by atoms with van der Waals surface area (Å²) in [5.41, 5.74) is 1.12. The van der Waals surface area contributed by atoms with Crippen LogP contribution in [0.15, 0.2) is 18.2 Å². The third kappa shape index (κ3) is 2.60. The van der Waals surface area contributed by atoms with Crippen molar-refractivity contribution in [3.63, 3.8) is 0 Å². The first-order chi connectivity index (χ1) is 9.22. The highest BCUT2D eigenvalue weighted by atomic mass is 35.5. The molecule has 2 heterocycles. The molecule has 0 aromatic heterocycles. The molecule has 0 radical (unpaired) electrons. The lowest BCUT2D eigenvalue weighted by Gasteiger charge is -2.44. The number of rotatable bonds is 2. The molecule has 19 heavy (non-hydrogen) atoms. The fourth-order valence-electron chi connectivity index (χ4n) is 3.12. The minimum Gasteiger partial charge on any atom is -0.487 e. The van der Waals surface area contributed by atoms with Crippen molar-refractivity contribution in [3.05, 3.63) is 28.8 Å². The monoisotopic (exact) mass is 281 g/mol. The highest BCUT2D eigenvalue weighted by molar-refractivity contribution is 6.30. The van der Waals surface area contributed by atoms with Crippen LogP contribution in [0, 0.1) is 0 Å². The van der Waals surface area contributed by atoms with E-state index in [1.165, 1.54) is 5.56 Å². The number of nitrogens with one attached hydrogen (secondary N) is 1. The van der Waals surface area contributed by atoms with Gasteiger partial charge >= 0.3 is 0 Å². The number of fused-ring (bicyclic) bond motifs is 1. The maximum absolute atomic E-state index is 6.31. The number of halogens is 1. The van der Waals surface area contributed by atoms with Gasteiger partial charge in [0, 0.05) is 35.9 Å². The van der Waals surface area contributed by atoms with Gasteiger partial charge in [-0.3, -0.25) is 0 Å². The molecule has 2 aliphatic rings. The summed E-state index contributed by atoms with van der Waals surface area (Å²) < 4.78 is 11.8. The number of hydrogen-bond acceptors (Lipinski definition) is 3. The molecule has 1 fully saturated rings. The molecule has 1 unspecified atom stereocenters. The normalized spacial score (nSPS) is 24.8. The Kier molecular flexibility index (Phi) is 3.70. The van der Waals surface area contributed by atoms with E-state index in [0.29, 0.717) is 6.04 Å². The molecule has 3 rings (SSSR count). The number of ether oxygens (including phenoxy) is 2. The second-order valence-corrected chi connectivity index (χ2v) is 5.83. The van der Waals surface area contributed by atoms with Crippen LogP contribution in [0.25, 0.3) is 0 Å². The molecular formula is C15H20ClNO2. The molecule has 4 heteroatoms. The lowest BCUT2D eigenvalue weighted by molar-refractivity contribution is -0.0644. The summed E-state index contributed by atoms with van der Waals surface area (Å²) in [4.78, 5) is 0. The third-order valence-corrected chi connectivity index (χ3v) is 4.34. The average Bonchev–Trinajstić information content (AvgIpc) is 2.41. The Hall–Kier alpha value is -0.770. The van der Waals surface area contributed by atoms with Crippen molar-refractivity contribution in [3.8, 4) is 5.75 Å². The van der Waals surface area contributed by atoms with Gasteiger partial charge < -0.3 is 14.8 Å². The Morgan fingerprint density at radius 1 is 1.37 bits per heavy atom. The molecule has 1 atom stereocenters. The van der Waals surface area contributed by atoms with E-state index in [0.717, 1.165) is 49.8 Å². The Morgan fingerprint density at radius 2 is 2.16 bits per heavy atom. The van der Waals surface area contributed by atoms with Gasteiger partial charge in [0.15, 0.2) is 0 Å². The van der Waals surface area contributed by atoms with Crippen LogP contribution in [0.4, 0.5) is 0 Å². The van der Waals surface area contributed by atoms with Crippen LogP contribution in [0.2, 0.25) is 5.02 Å². The molecule has 104 valence electrons. The van der Waals surface area contributed by atoms with E-state index in [-0.39, 0.29) is 5.60 Å². The van der Waals surface area contributed by atoms with Crippen LogP contribution >= 0.6 is 11.6 Å². The van der Waals surface area contributed by atoms with E-state index >= 15 is 0 Å². The Bertz CT molecular complexity index is 457. The van der Waals surface area contributed by atoms with Crippen molar-refractivity contribution in [2.45, 2.75) is 37.8 Å². The van der Waals surface area contributed by atoms with Crippen LogP contribution in [-0.2, 0) is 4.74 Å². The van der Waals surface area contributed by atoms with Crippen LogP contribution < -0.4 is 10.1 Å². The van der Waals surface area contributed by atoms with Gasteiger partial charge in [-0.15, -0.1) is 0 Å². The average molecular weight is 282 g/mol. The predicted molar refractivity (Wildman–Crippen MR) is 75.9 cm³/mol. The van der Waals surface area contributed by atoms with E-state index in [4.69, 9.17) is 21.1 Å². The largest absolute Gasteiger partial charge is 0.487 e. The molecule has 1 aromatic carbocycles. The molecule has 3 nitrogen and oxygen atoms in total. The van der Waals surface area contributed by atoms with Crippen LogP contribution in [-0.4, -0.2) is 25.4 Å². The lowest BCUT2D eigenvalue weighted by atomic mass is 9.82. The third-order valence-electron chi connectivity index (χ3n) is 4.10. The van der Waals surface area contributed by atoms with E-state index in [1.54, 1.807) is 0 Å². The number of hydrogen-bond donors (Lipinski definition) is 1. The molecule has 2 aliphatic heterocycles. The first-order valence-electron chi connectivity index (χ1n) is 7.02. The Morgan fingerprint density at radius 3 is 2.89 bits per heavy atom. The first kappa shape index (κ1) is 13.2. The summed E-state index contributed by atoms with van der Waals surface area (Å²) in [5, 5.41) is 4.33. The molecule has 1 aromatic rings. The second-order valence-electron chi connectivity index (χ2n) is 5.39. The van der Waals surface area contributed by atoms with Crippen molar-refractivity contribution in [1.29, 1.82) is 0 Å². The smallest absolute Gasteiger partial charge is 0.125 e. The molecule has 0 saturated carbocycles. The summed E-state index contributed by atoms with van der Waals surface area (Å²) in [6.07, 6.45) is 2.94. The van der Waals surface area contributed by atoms with Crippen molar-refractivity contribution >= 4 is 11.6 Å². The van der Waals surface area contributed by atoms with E-state index < -0.39 is 0 Å². The van der Waals surface area contributed by atoms with Crippen LogP contribution in [0.1, 0.15) is 37.8 Å². The molecule has 1 N–H and O–H groups in total. The standard InChI is InChI=1S/C15H20ClNO2/c1-2-17-13-10-15(5-7-18-8-6-15)19-14-4-3-11(16)9-12(13)14/h3-4,9,13,17H,2,5-8,10H2,1H3. The molecule has 0 amide bonds. The van der Waals surface area contributed by atoms with Gasteiger partial charge in [0.2, 0.25) is 0 Å². The lowest BCUT2D eigenvalue weighted by Crippen LogP contribution is -2.47. The van der Waals surface area contributed by atoms with E-state index in [2.05, 4.69) is 12.2 Å². The van der Waals surface area contributed by atoms with Crippen molar-refractivity contribution in [1.82, 2.24) is 5.32 Å². The molecule has 0 bridgehead atoms. The van der Waals surface area contributed by atoms with Gasteiger partial charge in [0.1, 0.15) is 11.4 Å². The van der Waals surface area contributed by atoms with Gasteiger partial charge in [0.05, 0.1) is 13.2 Å². The minimum atomic E-state index is -0.0636. The van der Waals surface area contributed by atoms with Crippen LogP contribution in [0.3, 0.4) is 0 Å². The van der Waals surface area contributed by atoms with Gasteiger partial charge in [-0.1, -0.05) is 18.5 Å². The summed E-state index contributed by atoms with van der Waals surface area (Å²) in [6.45, 7) is 4.67. The van der Waals surface area contributed by atoms with Crippen LogP contribution in [0.5, 0.6) is 5.75 Å². The van der Waals surface area contributed by atoms with Gasteiger partial charge in [-0.2, -0.15) is 0 Å². The zero-order valence-corrected chi connectivity index (χ0v) is 12.0. The summed E-state index contributed by atoms with van der Waals surface area (Å²) in [7, 11) is 0. The summed E-state index contributed by atoms with van der Waals surface area (Å²) in [5.74, 6) is 0.975. The molecule has 0 aliphatic carbocycles. The maximum atomic E-state index is 6.31. The van der Waals surface area contributed by atoms with Gasteiger partial charge in [-0.05, 0) is 24.7 Å². The molecule has 1 spiro atoms. The van der Waals surface area contributed by atoms with Crippen molar-refractivity contribution in [2.24, 2.45) is 0 Å². The topological polar surface area (TPSA) is 30.5 Å². The maximum Gasteiger partial charge on any atom is 0.125 e. The fraction of sp³-hybridized carbons (Fsp3) is 0.600. The zero-order valence-electron chi connectivity index (χ0n) is 11.2. The highest BCUT2D eigenvalue weighted by Crippen LogP contribution is 2.44. The Balaban J connectivity index is 1.94. The number of benzene rings is 1. The van der Waals surface area contributed by atoms with Crippen molar-refractivity contribution < 1.29 is 9.47 Å². The minimum absolute atomic E-state index is 0.0636. The Labute approximate surface area is 119 Å². The van der Waals surface area contributed by atoms with E-state index in [9.17, 15) is 0 Å². The van der Waals surface area contributed by atoms with Gasteiger partial charge in [-0.25, -0.2) is 0 Å². The SMILES string of the molecule is CCNC1CC2(CCOCC2)Oc2ccc(Cl)cc21. The van der Waals surface area contributed by atoms with E-state index in [1.807, 2.05) is 18.2 Å². The zero-order chi connectivity index (χ0) is 13.3. The summed E-state index contributed by atoms with van der Waals surface area (Å²) in [6, 6.07) is 6.25. The first-order valence-corrected chi connectivity index (χ1v) is 7.40. The summed E-state index contributed by atoms with van der Waals surface area (Å²) >= 11 is 6.12. The molecular weight excluding hydrogens is 262 g/mol. The molecule has 1 saturated heterocycles.